The van der Waals surface area contributed by atoms with Crippen molar-refractivity contribution in [1.82, 2.24) is 9.55 Å². The van der Waals surface area contributed by atoms with E-state index in [9.17, 15) is 4.79 Å². The van der Waals surface area contributed by atoms with Gasteiger partial charge in [-0.15, -0.1) is 0 Å². The summed E-state index contributed by atoms with van der Waals surface area (Å²) in [4.78, 5) is 17.0. The topological polar surface area (TPSA) is 34.9 Å². The van der Waals surface area contributed by atoms with Crippen molar-refractivity contribution in [2.24, 2.45) is 0 Å². The molecule has 0 saturated heterocycles. The standard InChI is InChI=1S/C20H27ClN2O/c1-2-3-4-5-6-7-8-9-19(23-15-14-22-16-23)20(24)17-10-12-18(21)13-11-17/h10-16,19H,2-9H2,1H3. The molecule has 1 atom stereocenters. The van der Waals surface area contributed by atoms with Crippen LogP contribution in [-0.4, -0.2) is 15.3 Å². The number of nitrogens with zero attached hydrogens (tertiary/aromatic N) is 2. The maximum Gasteiger partial charge on any atom is 0.185 e. The largest absolute Gasteiger partial charge is 0.327 e. The van der Waals surface area contributed by atoms with Crippen LogP contribution in [0.5, 0.6) is 0 Å². The van der Waals surface area contributed by atoms with Crippen molar-refractivity contribution in [3.63, 3.8) is 0 Å². The number of hydrogen-bond acceptors (Lipinski definition) is 2. The van der Waals surface area contributed by atoms with Gasteiger partial charge in [-0.05, 0) is 30.7 Å². The van der Waals surface area contributed by atoms with E-state index in [4.69, 9.17) is 11.6 Å². The molecular formula is C20H27ClN2O. The normalized spacial score (nSPS) is 12.2. The number of rotatable bonds is 11. The minimum absolute atomic E-state index is 0.135. The highest BCUT2D eigenvalue weighted by atomic mass is 35.5. The van der Waals surface area contributed by atoms with Gasteiger partial charge >= 0.3 is 0 Å². The van der Waals surface area contributed by atoms with Crippen LogP contribution in [0.2, 0.25) is 5.02 Å². The first-order valence-electron chi connectivity index (χ1n) is 8.99. The fourth-order valence-electron chi connectivity index (χ4n) is 2.97. The van der Waals surface area contributed by atoms with Gasteiger partial charge in [0.25, 0.3) is 0 Å². The molecule has 0 amide bonds. The maximum atomic E-state index is 12.9. The SMILES string of the molecule is CCCCCCCCCC(C(=O)c1ccc(Cl)cc1)n1ccnc1. The molecule has 0 radical (unpaired) electrons. The lowest BCUT2D eigenvalue weighted by Gasteiger charge is -2.17. The van der Waals surface area contributed by atoms with Gasteiger partial charge in [0, 0.05) is 23.0 Å². The second-order valence-electron chi connectivity index (χ2n) is 6.31. The average molecular weight is 347 g/mol. The van der Waals surface area contributed by atoms with Crippen LogP contribution < -0.4 is 0 Å². The quantitative estimate of drug-likeness (QED) is 0.364. The minimum atomic E-state index is -0.177. The molecule has 2 aromatic rings. The Kier molecular flexibility index (Phi) is 8.03. The molecule has 3 nitrogen and oxygen atoms in total. The molecule has 0 fully saturated rings. The van der Waals surface area contributed by atoms with E-state index in [1.165, 1.54) is 38.5 Å². The van der Waals surface area contributed by atoms with Crippen molar-refractivity contribution >= 4 is 17.4 Å². The summed E-state index contributed by atoms with van der Waals surface area (Å²) in [5.41, 5.74) is 0.709. The summed E-state index contributed by atoms with van der Waals surface area (Å²) < 4.78 is 1.92. The monoisotopic (exact) mass is 346 g/mol. The smallest absolute Gasteiger partial charge is 0.185 e. The Morgan fingerprint density at radius 2 is 1.75 bits per heavy atom. The summed E-state index contributed by atoms with van der Waals surface area (Å²) in [5.74, 6) is 0.135. The lowest BCUT2D eigenvalue weighted by atomic mass is 9.98. The van der Waals surface area contributed by atoms with E-state index in [1.54, 1.807) is 36.8 Å². The van der Waals surface area contributed by atoms with Gasteiger partial charge in [-0.3, -0.25) is 4.79 Å². The first kappa shape index (κ1) is 18.7. The summed E-state index contributed by atoms with van der Waals surface area (Å²) in [5, 5.41) is 0.651. The Labute approximate surface area is 150 Å². The highest BCUT2D eigenvalue weighted by molar-refractivity contribution is 6.30. The minimum Gasteiger partial charge on any atom is -0.327 e. The average Bonchev–Trinajstić information content (AvgIpc) is 3.12. The second-order valence-corrected chi connectivity index (χ2v) is 6.74. The molecule has 0 aliphatic rings. The van der Waals surface area contributed by atoms with Crippen LogP contribution in [0.25, 0.3) is 0 Å². The van der Waals surface area contributed by atoms with Crippen molar-refractivity contribution in [2.45, 2.75) is 64.3 Å². The van der Waals surface area contributed by atoms with Crippen LogP contribution in [0, 0.1) is 0 Å². The number of carbonyl (C=O) groups is 1. The van der Waals surface area contributed by atoms with Crippen LogP contribution in [0.1, 0.15) is 74.7 Å². The fraction of sp³-hybridized carbons (Fsp3) is 0.500. The van der Waals surface area contributed by atoms with Crippen LogP contribution >= 0.6 is 11.6 Å². The molecule has 1 aromatic carbocycles. The molecule has 0 bridgehead atoms. The Balaban J connectivity index is 1.91. The third-order valence-electron chi connectivity index (χ3n) is 4.40. The summed E-state index contributed by atoms with van der Waals surface area (Å²) in [6.45, 7) is 2.23. The van der Waals surface area contributed by atoms with Crippen molar-refractivity contribution < 1.29 is 4.79 Å². The Bertz CT molecular complexity index is 593. The number of benzene rings is 1. The number of carbonyl (C=O) groups excluding carboxylic acids is 1. The molecule has 0 N–H and O–H groups in total. The number of unbranched alkanes of at least 4 members (excludes halogenated alkanes) is 6. The molecule has 1 heterocycles. The first-order valence-corrected chi connectivity index (χ1v) is 9.37. The molecule has 0 saturated carbocycles. The van der Waals surface area contributed by atoms with Crippen molar-refractivity contribution in [3.05, 3.63) is 53.6 Å². The molecule has 130 valence electrons. The number of hydrogen-bond donors (Lipinski definition) is 0. The van der Waals surface area contributed by atoms with Crippen molar-refractivity contribution in [2.75, 3.05) is 0 Å². The molecule has 2 rings (SSSR count). The molecule has 4 heteroatoms. The Morgan fingerprint density at radius 1 is 1.08 bits per heavy atom. The summed E-state index contributed by atoms with van der Waals surface area (Å²) >= 11 is 5.92. The van der Waals surface area contributed by atoms with Gasteiger partial charge in [0.05, 0.1) is 12.4 Å². The van der Waals surface area contributed by atoms with E-state index >= 15 is 0 Å². The second kappa shape index (κ2) is 10.3. The zero-order chi connectivity index (χ0) is 17.2. The maximum absolute atomic E-state index is 12.9. The number of Topliss-reactive ketones (excluding diaryl/α,β-unsaturated/α-hetero) is 1. The van der Waals surface area contributed by atoms with E-state index in [2.05, 4.69) is 11.9 Å². The zero-order valence-electron chi connectivity index (χ0n) is 14.5. The highest BCUT2D eigenvalue weighted by Gasteiger charge is 2.21. The first-order chi connectivity index (χ1) is 11.7. The number of aromatic nitrogens is 2. The molecule has 0 aliphatic carbocycles. The summed E-state index contributed by atoms with van der Waals surface area (Å²) in [7, 11) is 0. The number of imidazole rings is 1. The van der Waals surface area contributed by atoms with Gasteiger partial charge in [0.15, 0.2) is 5.78 Å². The van der Waals surface area contributed by atoms with Crippen LogP contribution in [-0.2, 0) is 0 Å². The molecule has 0 aliphatic heterocycles. The third kappa shape index (κ3) is 5.79. The van der Waals surface area contributed by atoms with Gasteiger partial charge in [-0.2, -0.15) is 0 Å². The van der Waals surface area contributed by atoms with E-state index in [-0.39, 0.29) is 11.8 Å². The summed E-state index contributed by atoms with van der Waals surface area (Å²) in [6.07, 6.45) is 14.9. The Hall–Kier alpha value is -1.61. The van der Waals surface area contributed by atoms with Gasteiger partial charge < -0.3 is 4.57 Å². The van der Waals surface area contributed by atoms with E-state index in [0.717, 1.165) is 12.8 Å². The van der Waals surface area contributed by atoms with Gasteiger partial charge in [-0.25, -0.2) is 4.98 Å². The fourth-order valence-corrected chi connectivity index (χ4v) is 3.10. The molecule has 24 heavy (non-hydrogen) atoms. The predicted octanol–water partition coefficient (Wildman–Crippen LogP) is 6.10. The van der Waals surface area contributed by atoms with Gasteiger partial charge in [0.2, 0.25) is 0 Å². The molecule has 1 aromatic heterocycles. The Morgan fingerprint density at radius 3 is 2.38 bits per heavy atom. The molecular weight excluding hydrogens is 320 g/mol. The third-order valence-corrected chi connectivity index (χ3v) is 4.65. The van der Waals surface area contributed by atoms with Gasteiger partial charge in [0.1, 0.15) is 0 Å². The van der Waals surface area contributed by atoms with Crippen LogP contribution in [0.15, 0.2) is 43.0 Å². The van der Waals surface area contributed by atoms with E-state index < -0.39 is 0 Å². The van der Waals surface area contributed by atoms with E-state index in [1.807, 2.05) is 10.8 Å². The van der Waals surface area contributed by atoms with Crippen LogP contribution in [0.4, 0.5) is 0 Å². The number of halogens is 1. The highest BCUT2D eigenvalue weighted by Crippen LogP contribution is 2.23. The lowest BCUT2D eigenvalue weighted by Crippen LogP contribution is -2.18. The van der Waals surface area contributed by atoms with Crippen molar-refractivity contribution in [1.29, 1.82) is 0 Å². The zero-order valence-corrected chi connectivity index (χ0v) is 15.2. The van der Waals surface area contributed by atoms with Gasteiger partial charge in [-0.1, -0.05) is 63.5 Å². The predicted molar refractivity (Wildman–Crippen MR) is 99.7 cm³/mol. The van der Waals surface area contributed by atoms with Crippen LogP contribution in [0.3, 0.4) is 0 Å². The van der Waals surface area contributed by atoms with Crippen molar-refractivity contribution in [3.8, 4) is 0 Å². The lowest BCUT2D eigenvalue weighted by molar-refractivity contribution is 0.0917. The summed E-state index contributed by atoms with van der Waals surface area (Å²) in [6, 6.07) is 6.98. The molecule has 1 unspecified atom stereocenters. The molecule has 0 spiro atoms. The number of ketones is 1. The van der Waals surface area contributed by atoms with E-state index in [0.29, 0.717) is 10.6 Å².